The zero-order valence-corrected chi connectivity index (χ0v) is 24.3. The summed E-state index contributed by atoms with van der Waals surface area (Å²) in [7, 11) is 1.72. The first-order valence-electron chi connectivity index (χ1n) is 14.1. The van der Waals surface area contributed by atoms with Gasteiger partial charge in [-0.05, 0) is 48.9 Å². The van der Waals surface area contributed by atoms with Crippen LogP contribution in [0.4, 0.5) is 11.4 Å². The lowest BCUT2D eigenvalue weighted by atomic mass is 9.80. The minimum atomic E-state index is -0.960. The number of fused-ring (bicyclic) bond motifs is 3. The number of carbonyl (C=O) groups excluding carboxylic acids is 3. The van der Waals surface area contributed by atoms with Crippen molar-refractivity contribution in [2.45, 2.75) is 83.6 Å². The lowest BCUT2D eigenvalue weighted by Gasteiger charge is -2.38. The van der Waals surface area contributed by atoms with Crippen molar-refractivity contribution in [3.8, 4) is 0 Å². The maximum absolute atomic E-state index is 14.4. The average Bonchev–Trinajstić information content (AvgIpc) is 3.58. The van der Waals surface area contributed by atoms with Crippen LogP contribution in [0.3, 0.4) is 0 Å². The number of nitrogens with zero attached hydrogens (tertiary/aromatic N) is 4. The third-order valence-corrected chi connectivity index (χ3v) is 8.65. The van der Waals surface area contributed by atoms with Crippen LogP contribution in [0.25, 0.3) is 4.85 Å². The van der Waals surface area contributed by atoms with E-state index in [9.17, 15) is 14.4 Å². The smallest absolute Gasteiger partial charge is 0.302 e. The molecule has 2 aromatic rings. The second-order valence-corrected chi connectivity index (χ2v) is 12.9. The fourth-order valence-corrected chi connectivity index (χ4v) is 6.76. The molecule has 0 aliphatic carbocycles. The van der Waals surface area contributed by atoms with Crippen molar-refractivity contribution in [2.75, 3.05) is 23.8 Å². The first kappa shape index (κ1) is 27.7. The topological polar surface area (TPSA) is 77.3 Å². The number of benzene rings is 2. The number of rotatable bonds is 5. The first-order chi connectivity index (χ1) is 18.9. The molecule has 1 N–H and O–H groups in total. The number of likely N-dealkylation sites (tertiary alicyclic amines) is 1. The van der Waals surface area contributed by atoms with Crippen LogP contribution in [-0.4, -0.2) is 65.4 Å². The molecule has 3 aliphatic rings. The van der Waals surface area contributed by atoms with Gasteiger partial charge in [-0.2, -0.15) is 0 Å². The SMILES string of the molecule is [C-]#[N+][C@@H]1C[C@@]2(CN1C(=O)[C@H](CC(C)(C)C)N(C)C(=O)[C@@H]1Cc3ccccc3N1C(C)C)C(=O)Nc1ccccc12. The summed E-state index contributed by atoms with van der Waals surface area (Å²) in [6.07, 6.45) is 0.483. The largest absolute Gasteiger partial charge is 0.357 e. The highest BCUT2D eigenvalue weighted by atomic mass is 16.2. The summed E-state index contributed by atoms with van der Waals surface area (Å²) in [5.41, 5.74) is 2.53. The molecule has 8 heteroatoms. The predicted octanol–water partition coefficient (Wildman–Crippen LogP) is 4.46. The Balaban J connectivity index is 1.46. The molecular weight excluding hydrogens is 502 g/mol. The van der Waals surface area contributed by atoms with Crippen LogP contribution in [0.1, 0.15) is 58.6 Å². The molecule has 3 amide bonds. The van der Waals surface area contributed by atoms with E-state index in [1.54, 1.807) is 16.8 Å². The van der Waals surface area contributed by atoms with Gasteiger partial charge in [-0.3, -0.25) is 24.1 Å². The number of likely N-dealkylation sites (N-methyl/N-ethyl adjacent to an activating group) is 1. The zero-order valence-electron chi connectivity index (χ0n) is 24.3. The number of anilines is 2. The predicted molar refractivity (Wildman–Crippen MR) is 156 cm³/mol. The zero-order chi connectivity index (χ0) is 29.0. The molecule has 0 saturated carbocycles. The number of hydrogen-bond donors (Lipinski definition) is 1. The minimum absolute atomic E-state index is 0.105. The second kappa shape index (κ2) is 9.96. The summed E-state index contributed by atoms with van der Waals surface area (Å²) in [6, 6.07) is 14.5. The molecule has 0 unspecified atom stereocenters. The molecule has 8 nitrogen and oxygen atoms in total. The van der Waals surface area contributed by atoms with Gasteiger partial charge in [0.15, 0.2) is 0 Å². The fraction of sp³-hybridized carbons (Fsp3) is 0.500. The minimum Gasteiger partial charge on any atom is -0.357 e. The molecule has 1 fully saturated rings. The van der Waals surface area contributed by atoms with Crippen LogP contribution in [0.15, 0.2) is 48.5 Å². The van der Waals surface area contributed by atoms with E-state index in [1.165, 1.54) is 0 Å². The van der Waals surface area contributed by atoms with Gasteiger partial charge in [0.2, 0.25) is 11.8 Å². The molecular formula is C32H39N5O3. The van der Waals surface area contributed by atoms with Gasteiger partial charge in [0.05, 0.1) is 6.42 Å². The molecule has 5 rings (SSSR count). The summed E-state index contributed by atoms with van der Waals surface area (Å²) in [5.74, 6) is -0.553. The monoisotopic (exact) mass is 541 g/mol. The molecule has 2 aromatic carbocycles. The maximum Gasteiger partial charge on any atom is 0.302 e. The molecule has 0 bridgehead atoms. The van der Waals surface area contributed by atoms with Gasteiger partial charge in [-0.25, -0.2) is 6.57 Å². The van der Waals surface area contributed by atoms with Gasteiger partial charge in [-0.15, -0.1) is 0 Å². The maximum atomic E-state index is 14.4. The Hall–Kier alpha value is -3.86. The lowest BCUT2D eigenvalue weighted by molar-refractivity contribution is -0.146. The summed E-state index contributed by atoms with van der Waals surface area (Å²) < 4.78 is 0. The van der Waals surface area contributed by atoms with E-state index in [1.807, 2.05) is 36.4 Å². The Morgan fingerprint density at radius 3 is 2.50 bits per heavy atom. The van der Waals surface area contributed by atoms with Crippen molar-refractivity contribution in [3.05, 3.63) is 71.1 Å². The third kappa shape index (κ3) is 4.51. The van der Waals surface area contributed by atoms with Gasteiger partial charge in [-0.1, -0.05) is 57.2 Å². The molecule has 210 valence electrons. The van der Waals surface area contributed by atoms with E-state index >= 15 is 0 Å². The molecule has 1 saturated heterocycles. The number of carbonyl (C=O) groups is 3. The van der Waals surface area contributed by atoms with Crippen molar-refractivity contribution in [2.24, 2.45) is 5.41 Å². The van der Waals surface area contributed by atoms with Crippen molar-refractivity contribution < 1.29 is 14.4 Å². The van der Waals surface area contributed by atoms with Gasteiger partial charge < -0.3 is 15.1 Å². The van der Waals surface area contributed by atoms with Crippen LogP contribution in [0, 0.1) is 12.0 Å². The van der Waals surface area contributed by atoms with Crippen LogP contribution in [0.2, 0.25) is 0 Å². The lowest BCUT2D eigenvalue weighted by Crippen LogP contribution is -2.57. The molecule has 40 heavy (non-hydrogen) atoms. The molecule has 0 radical (unpaired) electrons. The second-order valence-electron chi connectivity index (χ2n) is 12.9. The third-order valence-electron chi connectivity index (χ3n) is 8.65. The first-order valence-corrected chi connectivity index (χ1v) is 14.1. The molecule has 4 atom stereocenters. The van der Waals surface area contributed by atoms with Gasteiger partial charge in [0.25, 0.3) is 5.91 Å². The van der Waals surface area contributed by atoms with Crippen molar-refractivity contribution in [3.63, 3.8) is 0 Å². The Bertz CT molecular complexity index is 1390. The molecule has 3 heterocycles. The van der Waals surface area contributed by atoms with Gasteiger partial charge in [0.1, 0.15) is 17.5 Å². The summed E-state index contributed by atoms with van der Waals surface area (Å²) in [6.45, 7) is 18.4. The number of amides is 3. The summed E-state index contributed by atoms with van der Waals surface area (Å²) in [4.78, 5) is 51.0. The van der Waals surface area contributed by atoms with Crippen molar-refractivity contribution in [1.82, 2.24) is 9.80 Å². The van der Waals surface area contributed by atoms with Crippen LogP contribution in [0.5, 0.6) is 0 Å². The highest BCUT2D eigenvalue weighted by molar-refractivity contribution is 6.07. The quantitative estimate of drug-likeness (QED) is 0.568. The summed E-state index contributed by atoms with van der Waals surface area (Å²) in [5, 5.41) is 2.95. The van der Waals surface area contributed by atoms with E-state index in [0.717, 1.165) is 22.5 Å². The number of hydrogen-bond acceptors (Lipinski definition) is 4. The van der Waals surface area contributed by atoms with Crippen LogP contribution >= 0.6 is 0 Å². The van der Waals surface area contributed by atoms with E-state index < -0.39 is 23.7 Å². The van der Waals surface area contributed by atoms with Crippen molar-refractivity contribution in [1.29, 1.82) is 0 Å². The fourth-order valence-electron chi connectivity index (χ4n) is 6.76. The van der Waals surface area contributed by atoms with Crippen LogP contribution in [-0.2, 0) is 26.2 Å². The van der Waals surface area contributed by atoms with E-state index in [-0.39, 0.29) is 42.1 Å². The van der Waals surface area contributed by atoms with Gasteiger partial charge in [0, 0.05) is 37.4 Å². The van der Waals surface area contributed by atoms with Crippen LogP contribution < -0.4 is 10.2 Å². The van der Waals surface area contributed by atoms with Crippen molar-refractivity contribution >= 4 is 29.1 Å². The Morgan fingerprint density at radius 1 is 1.15 bits per heavy atom. The average molecular weight is 542 g/mol. The highest BCUT2D eigenvalue weighted by Crippen LogP contribution is 2.47. The normalized spacial score (nSPS) is 24.1. The Kier molecular flexibility index (Phi) is 6.89. The number of nitrogens with one attached hydrogen (secondary N) is 1. The molecule has 1 spiro atoms. The highest BCUT2D eigenvalue weighted by Gasteiger charge is 2.59. The summed E-state index contributed by atoms with van der Waals surface area (Å²) >= 11 is 0. The van der Waals surface area contributed by atoms with E-state index in [0.29, 0.717) is 12.8 Å². The Labute approximate surface area is 237 Å². The number of para-hydroxylation sites is 2. The molecule has 3 aliphatic heterocycles. The van der Waals surface area contributed by atoms with Gasteiger partial charge >= 0.3 is 6.17 Å². The Morgan fingerprint density at radius 2 is 1.82 bits per heavy atom. The molecule has 0 aromatic heterocycles. The van der Waals surface area contributed by atoms with E-state index in [2.05, 4.69) is 61.8 Å². The van der Waals surface area contributed by atoms with E-state index in [4.69, 9.17) is 6.57 Å². The standard InChI is InChI=1S/C32H39N5O3/c1-20(2)37-24-15-11-8-12-21(24)16-25(37)28(38)35(7)26(17-31(3,4)5)29(39)36-19-32(18-27(36)33-6)22-13-9-10-14-23(22)34-30(32)40/h8-15,20,25-27H,16-19H2,1-5,7H3,(H,34,40)/t25-,26-,27-,32-/m0/s1.